The Morgan fingerprint density at radius 2 is 2.05 bits per heavy atom. The number of amides is 1. The van der Waals surface area contributed by atoms with E-state index in [0.29, 0.717) is 13.0 Å². The Kier molecular flexibility index (Phi) is 5.73. The zero-order valence-electron chi connectivity index (χ0n) is 12.5. The third kappa shape index (κ3) is 4.03. The molecule has 1 amide bonds. The lowest BCUT2D eigenvalue weighted by molar-refractivity contribution is -0.123. The first kappa shape index (κ1) is 15.5. The maximum absolute atomic E-state index is 12.8. The molecule has 21 heavy (non-hydrogen) atoms. The standard InChI is InChI=1S/C16H22N4O/c1-14(19-12-9-18-10-13-19)16(21)20(11-5-8-17)15-6-3-2-4-7-15/h2-4,6-7,14,18H,5,9-13H2,1H3. The first-order valence-corrected chi connectivity index (χ1v) is 7.42. The van der Waals surface area contributed by atoms with Gasteiger partial charge in [0.1, 0.15) is 0 Å². The molecule has 1 aromatic rings. The summed E-state index contributed by atoms with van der Waals surface area (Å²) in [6.45, 7) is 6.00. The molecule has 112 valence electrons. The summed E-state index contributed by atoms with van der Waals surface area (Å²) in [5.41, 5.74) is 0.861. The molecule has 0 aliphatic carbocycles. The van der Waals surface area contributed by atoms with Crippen LogP contribution in [0.3, 0.4) is 0 Å². The highest BCUT2D eigenvalue weighted by Crippen LogP contribution is 2.17. The normalized spacial score (nSPS) is 17.0. The number of benzene rings is 1. The van der Waals surface area contributed by atoms with Crippen molar-refractivity contribution in [2.45, 2.75) is 19.4 Å². The number of rotatable bonds is 5. The molecule has 1 aliphatic rings. The molecule has 0 bridgehead atoms. The van der Waals surface area contributed by atoms with Crippen LogP contribution in [0.5, 0.6) is 0 Å². The number of para-hydroxylation sites is 1. The van der Waals surface area contributed by atoms with Gasteiger partial charge in [-0.15, -0.1) is 0 Å². The molecular weight excluding hydrogens is 264 g/mol. The third-order valence-corrected chi connectivity index (χ3v) is 3.84. The highest BCUT2D eigenvalue weighted by molar-refractivity contribution is 5.96. The largest absolute Gasteiger partial charge is 0.314 e. The van der Waals surface area contributed by atoms with E-state index in [1.54, 1.807) is 4.90 Å². The van der Waals surface area contributed by atoms with E-state index in [1.807, 2.05) is 37.3 Å². The minimum absolute atomic E-state index is 0.0679. The van der Waals surface area contributed by atoms with Crippen LogP contribution in [-0.4, -0.2) is 49.6 Å². The van der Waals surface area contributed by atoms with E-state index in [9.17, 15) is 4.79 Å². The highest BCUT2D eigenvalue weighted by atomic mass is 16.2. The van der Waals surface area contributed by atoms with Gasteiger partial charge in [0, 0.05) is 38.4 Å². The van der Waals surface area contributed by atoms with Gasteiger partial charge >= 0.3 is 0 Å². The third-order valence-electron chi connectivity index (χ3n) is 3.84. The number of piperazine rings is 1. The van der Waals surface area contributed by atoms with Crippen LogP contribution in [0.2, 0.25) is 0 Å². The summed E-state index contributed by atoms with van der Waals surface area (Å²) in [7, 11) is 0. The Balaban J connectivity index is 2.11. The molecule has 1 aliphatic heterocycles. The lowest BCUT2D eigenvalue weighted by Gasteiger charge is -2.35. The molecular formula is C16H22N4O. The van der Waals surface area contributed by atoms with Crippen LogP contribution in [0.15, 0.2) is 30.3 Å². The summed E-state index contributed by atoms with van der Waals surface area (Å²) in [5.74, 6) is 0.0679. The van der Waals surface area contributed by atoms with Crippen molar-refractivity contribution in [1.82, 2.24) is 10.2 Å². The second-order valence-electron chi connectivity index (χ2n) is 5.20. The zero-order valence-corrected chi connectivity index (χ0v) is 12.5. The summed E-state index contributed by atoms with van der Waals surface area (Å²) in [4.78, 5) is 16.7. The summed E-state index contributed by atoms with van der Waals surface area (Å²) in [6.07, 6.45) is 0.342. The fourth-order valence-electron chi connectivity index (χ4n) is 2.59. The Morgan fingerprint density at radius 1 is 1.38 bits per heavy atom. The van der Waals surface area contributed by atoms with Gasteiger partial charge in [-0.2, -0.15) is 5.26 Å². The predicted octanol–water partition coefficient (Wildman–Crippen LogP) is 1.23. The Bertz CT molecular complexity index is 491. The van der Waals surface area contributed by atoms with E-state index < -0.39 is 0 Å². The molecule has 1 saturated heterocycles. The zero-order chi connectivity index (χ0) is 15.1. The van der Waals surface area contributed by atoms with Crippen molar-refractivity contribution in [3.05, 3.63) is 30.3 Å². The summed E-state index contributed by atoms with van der Waals surface area (Å²) < 4.78 is 0. The van der Waals surface area contributed by atoms with Crippen molar-refractivity contribution in [1.29, 1.82) is 5.26 Å². The molecule has 2 rings (SSSR count). The van der Waals surface area contributed by atoms with E-state index >= 15 is 0 Å². The Hall–Kier alpha value is -1.90. The van der Waals surface area contributed by atoms with Crippen LogP contribution >= 0.6 is 0 Å². The van der Waals surface area contributed by atoms with Crippen LogP contribution in [0, 0.1) is 11.3 Å². The topological polar surface area (TPSA) is 59.4 Å². The van der Waals surface area contributed by atoms with Crippen molar-refractivity contribution in [3.8, 4) is 6.07 Å². The number of nitrogens with zero attached hydrogens (tertiary/aromatic N) is 3. The first-order chi connectivity index (χ1) is 10.2. The van der Waals surface area contributed by atoms with Crippen LogP contribution in [0.1, 0.15) is 13.3 Å². The van der Waals surface area contributed by atoms with E-state index in [-0.39, 0.29) is 11.9 Å². The summed E-state index contributed by atoms with van der Waals surface area (Å²) in [6, 6.07) is 11.6. The van der Waals surface area contributed by atoms with Crippen molar-refractivity contribution in [2.75, 3.05) is 37.6 Å². The van der Waals surface area contributed by atoms with Crippen LogP contribution in [0.4, 0.5) is 5.69 Å². The number of carbonyl (C=O) groups is 1. The number of hydrogen-bond acceptors (Lipinski definition) is 4. The van der Waals surface area contributed by atoms with Gasteiger partial charge in [0.25, 0.3) is 0 Å². The number of carbonyl (C=O) groups excluding carboxylic acids is 1. The predicted molar refractivity (Wildman–Crippen MR) is 82.9 cm³/mol. The van der Waals surface area contributed by atoms with E-state index in [4.69, 9.17) is 5.26 Å². The number of nitrogens with one attached hydrogen (secondary N) is 1. The quantitative estimate of drug-likeness (QED) is 0.884. The van der Waals surface area contributed by atoms with Gasteiger partial charge in [0.15, 0.2) is 0 Å². The summed E-state index contributed by atoms with van der Waals surface area (Å²) in [5, 5.41) is 12.1. The monoisotopic (exact) mass is 286 g/mol. The molecule has 1 atom stereocenters. The average Bonchev–Trinajstić information content (AvgIpc) is 2.56. The van der Waals surface area contributed by atoms with Crippen molar-refractivity contribution < 1.29 is 4.79 Å². The fraction of sp³-hybridized carbons (Fsp3) is 0.500. The molecule has 0 spiro atoms. The van der Waals surface area contributed by atoms with E-state index in [0.717, 1.165) is 31.9 Å². The van der Waals surface area contributed by atoms with Gasteiger partial charge in [-0.3, -0.25) is 9.69 Å². The lowest BCUT2D eigenvalue weighted by atomic mass is 10.2. The number of nitriles is 1. The first-order valence-electron chi connectivity index (χ1n) is 7.42. The van der Waals surface area contributed by atoms with Gasteiger partial charge in [0.05, 0.1) is 18.5 Å². The minimum atomic E-state index is -0.161. The SMILES string of the molecule is CC(C(=O)N(CCC#N)c1ccccc1)N1CCNCC1. The van der Waals surface area contributed by atoms with Gasteiger partial charge in [-0.05, 0) is 19.1 Å². The molecule has 1 aromatic carbocycles. The Morgan fingerprint density at radius 3 is 2.67 bits per heavy atom. The molecule has 1 unspecified atom stereocenters. The van der Waals surface area contributed by atoms with Crippen molar-refractivity contribution in [3.63, 3.8) is 0 Å². The van der Waals surface area contributed by atoms with E-state index in [1.165, 1.54) is 0 Å². The Labute approximate surface area is 126 Å². The molecule has 0 radical (unpaired) electrons. The number of hydrogen-bond donors (Lipinski definition) is 1. The van der Waals surface area contributed by atoms with Gasteiger partial charge in [-0.1, -0.05) is 18.2 Å². The second kappa shape index (κ2) is 7.77. The van der Waals surface area contributed by atoms with Crippen LogP contribution in [0.25, 0.3) is 0 Å². The average molecular weight is 286 g/mol. The molecule has 1 fully saturated rings. The van der Waals surface area contributed by atoms with Gasteiger partial charge in [0.2, 0.25) is 5.91 Å². The van der Waals surface area contributed by atoms with Crippen molar-refractivity contribution in [2.24, 2.45) is 0 Å². The maximum atomic E-state index is 12.8. The number of anilines is 1. The molecule has 0 aromatic heterocycles. The molecule has 1 N–H and O–H groups in total. The maximum Gasteiger partial charge on any atom is 0.244 e. The molecule has 5 nitrogen and oxygen atoms in total. The van der Waals surface area contributed by atoms with Gasteiger partial charge < -0.3 is 10.2 Å². The van der Waals surface area contributed by atoms with Crippen molar-refractivity contribution >= 4 is 11.6 Å². The molecule has 1 heterocycles. The lowest BCUT2D eigenvalue weighted by Crippen LogP contribution is -2.53. The second-order valence-corrected chi connectivity index (χ2v) is 5.20. The fourth-order valence-corrected chi connectivity index (χ4v) is 2.59. The molecule has 0 saturated carbocycles. The van der Waals surface area contributed by atoms with Crippen LogP contribution < -0.4 is 10.2 Å². The van der Waals surface area contributed by atoms with E-state index in [2.05, 4.69) is 16.3 Å². The summed E-state index contributed by atoms with van der Waals surface area (Å²) >= 11 is 0. The minimum Gasteiger partial charge on any atom is -0.314 e. The van der Waals surface area contributed by atoms with Gasteiger partial charge in [-0.25, -0.2) is 0 Å². The molecule has 5 heteroatoms. The smallest absolute Gasteiger partial charge is 0.244 e. The highest BCUT2D eigenvalue weighted by Gasteiger charge is 2.27. The van der Waals surface area contributed by atoms with Crippen LogP contribution in [-0.2, 0) is 4.79 Å².